The second-order valence-electron chi connectivity index (χ2n) is 8.59. The predicted molar refractivity (Wildman–Crippen MR) is 95.0 cm³/mol. The van der Waals surface area contributed by atoms with Crippen molar-refractivity contribution in [2.24, 2.45) is 11.3 Å². The van der Waals surface area contributed by atoms with E-state index in [0.29, 0.717) is 12.2 Å². The summed E-state index contributed by atoms with van der Waals surface area (Å²) in [7, 11) is 0. The molecule has 1 aromatic rings. The molecule has 1 aromatic carbocycles. The van der Waals surface area contributed by atoms with Crippen LogP contribution >= 0.6 is 0 Å². The smallest absolute Gasteiger partial charge is 0.162 e. The maximum atomic E-state index is 13.2. The van der Waals surface area contributed by atoms with Gasteiger partial charge in [-0.1, -0.05) is 51.1 Å². The number of hydrogen-bond donors (Lipinski definition) is 3. The van der Waals surface area contributed by atoms with Gasteiger partial charge in [0.1, 0.15) is 0 Å². The standard InChI is InChI=1S/C20H27N3O/c1-12-16-18(23-22-12)21-14-10-19(2,3)11-15(24)17(14)20(16,4)13-8-6-5-7-9-13/h5-9,12,16,18,21-23H,10-11H2,1-4H3. The summed E-state index contributed by atoms with van der Waals surface area (Å²) in [5.74, 6) is 0.585. The molecular formula is C20H27N3O. The summed E-state index contributed by atoms with van der Waals surface area (Å²) in [5, 5.41) is 3.64. The monoisotopic (exact) mass is 325 g/mol. The van der Waals surface area contributed by atoms with Gasteiger partial charge in [0, 0.05) is 35.1 Å². The second-order valence-corrected chi connectivity index (χ2v) is 8.59. The minimum atomic E-state index is -0.282. The highest BCUT2D eigenvalue weighted by Crippen LogP contribution is 2.52. The van der Waals surface area contributed by atoms with Crippen LogP contribution in [0.3, 0.4) is 0 Å². The van der Waals surface area contributed by atoms with E-state index < -0.39 is 0 Å². The number of nitrogens with one attached hydrogen (secondary N) is 3. The summed E-state index contributed by atoms with van der Waals surface area (Å²) < 4.78 is 0. The Morgan fingerprint density at radius 3 is 2.46 bits per heavy atom. The van der Waals surface area contributed by atoms with Crippen LogP contribution in [0.5, 0.6) is 0 Å². The van der Waals surface area contributed by atoms with Gasteiger partial charge in [0.05, 0.1) is 6.17 Å². The van der Waals surface area contributed by atoms with Crippen LogP contribution in [0.1, 0.15) is 46.1 Å². The van der Waals surface area contributed by atoms with Crippen molar-refractivity contribution in [1.29, 1.82) is 0 Å². The van der Waals surface area contributed by atoms with Crippen molar-refractivity contribution < 1.29 is 4.79 Å². The Labute approximate surface area is 144 Å². The number of hydrazine groups is 1. The number of carbonyl (C=O) groups excluding carboxylic acids is 1. The predicted octanol–water partition coefficient (Wildman–Crippen LogP) is 2.63. The van der Waals surface area contributed by atoms with Gasteiger partial charge in [0.2, 0.25) is 0 Å². The van der Waals surface area contributed by atoms with E-state index >= 15 is 0 Å². The molecule has 4 atom stereocenters. The molecule has 1 saturated heterocycles. The fourth-order valence-electron chi connectivity index (χ4n) is 5.17. The Balaban J connectivity index is 1.93. The van der Waals surface area contributed by atoms with Crippen molar-refractivity contribution >= 4 is 5.78 Å². The average molecular weight is 325 g/mol. The SMILES string of the molecule is CC1NNC2NC3=C(C(=O)CC(C)(C)C3)C(C)(c3ccccc3)C12. The Hall–Kier alpha value is -1.65. The summed E-state index contributed by atoms with van der Waals surface area (Å²) in [6.45, 7) is 8.83. The Bertz CT molecular complexity index is 709. The van der Waals surface area contributed by atoms with E-state index in [1.54, 1.807) is 0 Å². The van der Waals surface area contributed by atoms with Crippen LogP contribution in [0.15, 0.2) is 41.6 Å². The van der Waals surface area contributed by atoms with Gasteiger partial charge in [-0.05, 0) is 24.3 Å². The summed E-state index contributed by atoms with van der Waals surface area (Å²) in [6, 6.07) is 10.8. The molecule has 0 amide bonds. The molecule has 4 rings (SSSR count). The molecule has 24 heavy (non-hydrogen) atoms. The lowest BCUT2D eigenvalue weighted by Crippen LogP contribution is -2.58. The number of rotatable bonds is 1. The Morgan fingerprint density at radius 2 is 1.75 bits per heavy atom. The van der Waals surface area contributed by atoms with Gasteiger partial charge in [-0.2, -0.15) is 0 Å². The van der Waals surface area contributed by atoms with Crippen molar-refractivity contribution in [2.75, 3.05) is 0 Å². The lowest BCUT2D eigenvalue weighted by Gasteiger charge is -2.50. The highest BCUT2D eigenvalue weighted by atomic mass is 16.1. The van der Waals surface area contributed by atoms with Gasteiger partial charge in [-0.15, -0.1) is 0 Å². The zero-order chi connectivity index (χ0) is 17.1. The molecule has 3 aliphatic rings. The molecule has 4 heteroatoms. The quantitative estimate of drug-likeness (QED) is 0.743. The summed E-state index contributed by atoms with van der Waals surface area (Å²) in [6.07, 6.45) is 1.70. The number of fused-ring (bicyclic) bond motifs is 1. The van der Waals surface area contributed by atoms with Crippen LogP contribution in [0.25, 0.3) is 0 Å². The van der Waals surface area contributed by atoms with Gasteiger partial charge >= 0.3 is 0 Å². The van der Waals surface area contributed by atoms with E-state index in [0.717, 1.165) is 17.7 Å². The van der Waals surface area contributed by atoms with Crippen LogP contribution in [0, 0.1) is 11.3 Å². The summed E-state index contributed by atoms with van der Waals surface area (Å²) >= 11 is 0. The molecule has 4 unspecified atom stereocenters. The van der Waals surface area contributed by atoms with Crippen LogP contribution in [0.2, 0.25) is 0 Å². The average Bonchev–Trinajstić information content (AvgIpc) is 2.88. The first kappa shape index (κ1) is 15.9. The van der Waals surface area contributed by atoms with E-state index in [1.165, 1.54) is 5.56 Å². The van der Waals surface area contributed by atoms with Crippen molar-refractivity contribution in [3.05, 3.63) is 47.2 Å². The van der Waals surface area contributed by atoms with E-state index in [2.05, 4.69) is 68.1 Å². The maximum absolute atomic E-state index is 13.2. The van der Waals surface area contributed by atoms with Crippen molar-refractivity contribution in [1.82, 2.24) is 16.2 Å². The number of Topliss-reactive ketones (excluding diaryl/α,β-unsaturated/α-hetero) is 1. The third kappa shape index (κ3) is 2.16. The van der Waals surface area contributed by atoms with Gasteiger partial charge in [0.25, 0.3) is 0 Å². The first-order valence-electron chi connectivity index (χ1n) is 8.93. The number of carbonyl (C=O) groups is 1. The molecule has 2 heterocycles. The maximum Gasteiger partial charge on any atom is 0.162 e. The second kappa shape index (κ2) is 5.17. The zero-order valence-corrected chi connectivity index (χ0v) is 14.9. The minimum Gasteiger partial charge on any atom is -0.371 e. The lowest BCUT2D eigenvalue weighted by atomic mass is 9.57. The van der Waals surface area contributed by atoms with Crippen molar-refractivity contribution in [3.63, 3.8) is 0 Å². The molecule has 0 bridgehead atoms. The molecule has 4 nitrogen and oxygen atoms in total. The van der Waals surface area contributed by atoms with E-state index in [1.807, 2.05) is 6.07 Å². The Kier molecular flexibility index (Phi) is 3.42. The molecule has 0 aromatic heterocycles. The largest absolute Gasteiger partial charge is 0.371 e. The number of ketones is 1. The normalized spacial score (nSPS) is 37.7. The van der Waals surface area contributed by atoms with Crippen LogP contribution in [-0.4, -0.2) is 18.0 Å². The van der Waals surface area contributed by atoms with Gasteiger partial charge in [-0.3, -0.25) is 10.2 Å². The first-order chi connectivity index (χ1) is 11.3. The van der Waals surface area contributed by atoms with E-state index in [-0.39, 0.29) is 29.0 Å². The number of benzene rings is 1. The Morgan fingerprint density at radius 1 is 1.04 bits per heavy atom. The lowest BCUT2D eigenvalue weighted by molar-refractivity contribution is -0.119. The molecule has 2 aliphatic heterocycles. The molecular weight excluding hydrogens is 298 g/mol. The highest BCUT2D eigenvalue weighted by molar-refractivity contribution is 6.00. The van der Waals surface area contributed by atoms with E-state index in [4.69, 9.17) is 0 Å². The third-order valence-electron chi connectivity index (χ3n) is 6.13. The highest BCUT2D eigenvalue weighted by Gasteiger charge is 2.56. The molecule has 128 valence electrons. The van der Waals surface area contributed by atoms with Crippen LogP contribution in [0.4, 0.5) is 0 Å². The summed E-state index contributed by atoms with van der Waals surface area (Å²) in [4.78, 5) is 13.2. The van der Waals surface area contributed by atoms with Crippen LogP contribution < -0.4 is 16.2 Å². The molecule has 3 N–H and O–H groups in total. The van der Waals surface area contributed by atoms with Crippen molar-refractivity contribution in [2.45, 2.75) is 58.2 Å². The fraction of sp³-hybridized carbons (Fsp3) is 0.550. The van der Waals surface area contributed by atoms with E-state index in [9.17, 15) is 4.79 Å². The van der Waals surface area contributed by atoms with Gasteiger partial charge in [-0.25, -0.2) is 5.43 Å². The molecule has 1 fully saturated rings. The zero-order valence-electron chi connectivity index (χ0n) is 14.9. The molecule has 0 spiro atoms. The molecule has 0 radical (unpaired) electrons. The van der Waals surface area contributed by atoms with Gasteiger partial charge < -0.3 is 5.32 Å². The van der Waals surface area contributed by atoms with Crippen LogP contribution in [-0.2, 0) is 10.2 Å². The summed E-state index contributed by atoms with van der Waals surface area (Å²) in [5.41, 5.74) is 9.89. The van der Waals surface area contributed by atoms with Crippen molar-refractivity contribution in [3.8, 4) is 0 Å². The molecule has 1 aliphatic carbocycles. The number of allylic oxidation sites excluding steroid dienone is 2. The third-order valence-corrected chi connectivity index (χ3v) is 6.13. The minimum absolute atomic E-state index is 0.0188. The topological polar surface area (TPSA) is 53.2 Å². The molecule has 0 saturated carbocycles. The first-order valence-corrected chi connectivity index (χ1v) is 8.93. The number of hydrogen-bond acceptors (Lipinski definition) is 4. The fourth-order valence-corrected chi connectivity index (χ4v) is 5.17. The van der Waals surface area contributed by atoms with Gasteiger partial charge in [0.15, 0.2) is 5.78 Å².